The third-order valence-electron chi connectivity index (χ3n) is 15.6. The van der Waals surface area contributed by atoms with Crippen molar-refractivity contribution in [1.82, 2.24) is 0 Å². The van der Waals surface area contributed by atoms with Gasteiger partial charge < -0.3 is 33.8 Å². The molecule has 17 nitrogen and oxygen atoms in total. The number of phosphoric acid groups is 2. The molecule has 0 aromatic carbocycles. The highest BCUT2D eigenvalue weighted by molar-refractivity contribution is 7.47. The molecule has 0 saturated carbocycles. The van der Waals surface area contributed by atoms with E-state index in [1.807, 2.05) is 0 Å². The second kappa shape index (κ2) is 59.1. The van der Waals surface area contributed by atoms with Crippen LogP contribution in [0.1, 0.15) is 337 Å². The first-order chi connectivity index (χ1) is 41.7. The van der Waals surface area contributed by atoms with Crippen molar-refractivity contribution in [2.75, 3.05) is 39.6 Å². The molecular formula is C68H132O17P2. The highest BCUT2D eigenvalue weighted by atomic mass is 31.2. The highest BCUT2D eigenvalue weighted by Gasteiger charge is 2.30. The number of aliphatic hydroxyl groups is 1. The topological polar surface area (TPSA) is 237 Å². The zero-order chi connectivity index (χ0) is 64.5. The molecule has 5 atom stereocenters. The van der Waals surface area contributed by atoms with Crippen molar-refractivity contribution < 1.29 is 80.2 Å². The lowest BCUT2D eigenvalue weighted by atomic mass is 10.0. The van der Waals surface area contributed by atoms with Gasteiger partial charge in [-0.1, -0.05) is 286 Å². The Hall–Kier alpha value is -1.94. The van der Waals surface area contributed by atoms with E-state index in [0.717, 1.165) is 114 Å². The van der Waals surface area contributed by atoms with Gasteiger partial charge in [0.25, 0.3) is 0 Å². The maximum Gasteiger partial charge on any atom is 0.472 e. The molecule has 0 aliphatic carbocycles. The largest absolute Gasteiger partial charge is 0.472 e. The van der Waals surface area contributed by atoms with E-state index in [1.165, 1.54) is 141 Å². The van der Waals surface area contributed by atoms with Crippen LogP contribution in [0.15, 0.2) is 0 Å². The molecule has 0 bridgehead atoms. The number of esters is 4. The molecule has 0 aromatic heterocycles. The third kappa shape index (κ3) is 62.6. The molecule has 0 aliphatic rings. The molecular weight excluding hydrogens is 1150 g/mol. The van der Waals surface area contributed by atoms with Crippen LogP contribution in [0.2, 0.25) is 0 Å². The fourth-order valence-electron chi connectivity index (χ4n) is 10.2. The number of hydrogen-bond donors (Lipinski definition) is 3. The molecule has 0 spiro atoms. The molecule has 3 N–H and O–H groups in total. The zero-order valence-electron chi connectivity index (χ0n) is 56.5. The van der Waals surface area contributed by atoms with Crippen molar-refractivity contribution in [3.63, 3.8) is 0 Å². The Bertz CT molecular complexity index is 1720. The second-order valence-electron chi connectivity index (χ2n) is 26.0. The van der Waals surface area contributed by atoms with Gasteiger partial charge in [0.05, 0.1) is 26.4 Å². The Balaban J connectivity index is 5.17. The van der Waals surface area contributed by atoms with Crippen LogP contribution in [0.3, 0.4) is 0 Å². The van der Waals surface area contributed by atoms with Gasteiger partial charge in [-0.25, -0.2) is 9.13 Å². The van der Waals surface area contributed by atoms with Crippen molar-refractivity contribution in [2.45, 2.75) is 356 Å². The number of phosphoric ester groups is 2. The van der Waals surface area contributed by atoms with Gasteiger partial charge in [-0.05, 0) is 43.4 Å². The minimum absolute atomic E-state index is 0.103. The molecule has 19 heteroatoms. The van der Waals surface area contributed by atoms with Gasteiger partial charge >= 0.3 is 39.5 Å². The fraction of sp³-hybridized carbons (Fsp3) is 0.941. The number of carbonyl (C=O) groups is 4. The summed E-state index contributed by atoms with van der Waals surface area (Å²) in [6.45, 7) is 11.7. The average molecular weight is 1280 g/mol. The standard InChI is InChI=1S/C68H132O17P2/c1-8-9-10-32-42-49-65(70)78-55-63(84-68(73)52-45-38-31-25-24-28-35-41-48-61(6)7)57-82-86(74,75)80-53-62(69)54-81-87(76,77)83-58-64(56-79-66(71)50-43-36-29-22-19-15-17-21-27-34-40-47-60(4)5)85-67(72)51-44-37-30-23-18-14-12-11-13-16-20-26-33-39-46-59(2)3/h59-64,69H,8-58H2,1-7H3,(H,74,75)(H,76,77)/t62-,63+,64+/m0/s1. The SMILES string of the molecule is CCCCCCCC(=O)OC[C@H](COP(=O)(O)OC[C@H](O)COP(=O)(O)OC[C@@H](COC(=O)CCCCCCCCCCCCCC(C)C)OC(=O)CCCCCCCCCCCCCCCCC(C)C)OC(=O)CCCCCCCCCCC(C)C. The first-order valence-electron chi connectivity index (χ1n) is 35.3. The van der Waals surface area contributed by atoms with E-state index in [2.05, 4.69) is 48.5 Å². The minimum Gasteiger partial charge on any atom is -0.462 e. The predicted molar refractivity (Wildman–Crippen MR) is 349 cm³/mol. The first-order valence-corrected chi connectivity index (χ1v) is 38.3. The molecule has 0 fully saturated rings. The molecule has 0 radical (unpaired) electrons. The van der Waals surface area contributed by atoms with Gasteiger partial charge in [0, 0.05) is 25.7 Å². The van der Waals surface area contributed by atoms with E-state index in [4.69, 9.17) is 37.0 Å². The molecule has 0 amide bonds. The van der Waals surface area contributed by atoms with E-state index in [1.54, 1.807) is 0 Å². The number of hydrogen-bond acceptors (Lipinski definition) is 15. The maximum atomic E-state index is 13.0. The van der Waals surface area contributed by atoms with E-state index < -0.39 is 97.5 Å². The summed E-state index contributed by atoms with van der Waals surface area (Å²) >= 11 is 0. The van der Waals surface area contributed by atoms with Gasteiger partial charge in [-0.3, -0.25) is 37.3 Å². The molecule has 2 unspecified atom stereocenters. The summed E-state index contributed by atoms with van der Waals surface area (Å²) in [6.07, 6.45) is 42.1. The second-order valence-corrected chi connectivity index (χ2v) is 28.9. The predicted octanol–water partition coefficient (Wildman–Crippen LogP) is 19.1. The normalized spacial score (nSPS) is 14.3. The summed E-state index contributed by atoms with van der Waals surface area (Å²) in [6, 6.07) is 0. The maximum absolute atomic E-state index is 13.0. The summed E-state index contributed by atoms with van der Waals surface area (Å²) in [4.78, 5) is 72.2. The highest BCUT2D eigenvalue weighted by Crippen LogP contribution is 2.45. The van der Waals surface area contributed by atoms with Gasteiger partial charge in [-0.15, -0.1) is 0 Å². The Labute approximate surface area is 530 Å². The van der Waals surface area contributed by atoms with E-state index in [-0.39, 0.29) is 25.7 Å². The lowest BCUT2D eigenvalue weighted by Gasteiger charge is -2.21. The van der Waals surface area contributed by atoms with Crippen LogP contribution in [0.5, 0.6) is 0 Å². The Kier molecular flexibility index (Phi) is 57.8. The Morgan fingerprint density at radius 3 is 0.782 bits per heavy atom. The summed E-state index contributed by atoms with van der Waals surface area (Å²) in [5, 5.41) is 10.5. The zero-order valence-corrected chi connectivity index (χ0v) is 58.3. The summed E-state index contributed by atoms with van der Waals surface area (Å²) < 4.78 is 68.0. The molecule has 87 heavy (non-hydrogen) atoms. The molecule has 0 saturated heterocycles. The number of aliphatic hydroxyl groups excluding tert-OH is 1. The molecule has 0 rings (SSSR count). The van der Waals surface area contributed by atoms with Crippen LogP contribution in [-0.4, -0.2) is 96.7 Å². The summed E-state index contributed by atoms with van der Waals surface area (Å²) in [5.74, 6) is 0.144. The number of rotatable bonds is 66. The third-order valence-corrected chi connectivity index (χ3v) is 17.5. The van der Waals surface area contributed by atoms with Crippen molar-refractivity contribution >= 4 is 39.5 Å². The van der Waals surface area contributed by atoms with E-state index >= 15 is 0 Å². The lowest BCUT2D eigenvalue weighted by molar-refractivity contribution is -0.161. The van der Waals surface area contributed by atoms with Gasteiger partial charge in [0.1, 0.15) is 19.3 Å². The van der Waals surface area contributed by atoms with Crippen molar-refractivity contribution in [2.24, 2.45) is 17.8 Å². The van der Waals surface area contributed by atoms with Gasteiger partial charge in [0.2, 0.25) is 0 Å². The smallest absolute Gasteiger partial charge is 0.462 e. The summed E-state index contributed by atoms with van der Waals surface area (Å²) in [7, 11) is -9.89. The van der Waals surface area contributed by atoms with Crippen LogP contribution >= 0.6 is 15.6 Å². The van der Waals surface area contributed by atoms with Crippen LogP contribution in [0.25, 0.3) is 0 Å². The van der Waals surface area contributed by atoms with Gasteiger partial charge in [0.15, 0.2) is 12.2 Å². The van der Waals surface area contributed by atoms with Crippen LogP contribution in [-0.2, 0) is 65.4 Å². The number of ether oxygens (including phenoxy) is 4. The quantitative estimate of drug-likeness (QED) is 0.0222. The monoisotopic (exact) mass is 1280 g/mol. The van der Waals surface area contributed by atoms with Crippen LogP contribution < -0.4 is 0 Å². The molecule has 0 aromatic rings. The minimum atomic E-state index is -4.95. The molecule has 0 heterocycles. The molecule has 0 aliphatic heterocycles. The molecule has 516 valence electrons. The van der Waals surface area contributed by atoms with Crippen molar-refractivity contribution in [1.29, 1.82) is 0 Å². The Morgan fingerprint density at radius 2 is 0.529 bits per heavy atom. The van der Waals surface area contributed by atoms with Crippen molar-refractivity contribution in [3.8, 4) is 0 Å². The van der Waals surface area contributed by atoms with E-state index in [0.29, 0.717) is 25.7 Å². The van der Waals surface area contributed by atoms with Crippen LogP contribution in [0, 0.1) is 17.8 Å². The first kappa shape index (κ1) is 85.1. The van der Waals surface area contributed by atoms with Crippen molar-refractivity contribution in [3.05, 3.63) is 0 Å². The number of unbranched alkanes of at least 4 members (excludes halogenated alkanes) is 34. The fourth-order valence-corrected chi connectivity index (χ4v) is 11.8. The Morgan fingerprint density at radius 1 is 0.310 bits per heavy atom. The number of carbonyl (C=O) groups excluding carboxylic acids is 4. The lowest BCUT2D eigenvalue weighted by Crippen LogP contribution is -2.30. The van der Waals surface area contributed by atoms with E-state index in [9.17, 15) is 43.2 Å². The average Bonchev–Trinajstić information content (AvgIpc) is 3.55. The van der Waals surface area contributed by atoms with Crippen LogP contribution in [0.4, 0.5) is 0 Å². The van der Waals surface area contributed by atoms with Gasteiger partial charge in [-0.2, -0.15) is 0 Å². The summed E-state index contributed by atoms with van der Waals surface area (Å²) in [5.41, 5.74) is 0.